The molecule has 0 aromatic rings. The number of esters is 2. The number of unbranched alkanes of at least 4 members (excludes halogenated alkanes) is 37. The molecule has 9 nitrogen and oxygen atoms in total. The average Bonchev–Trinajstić information content (AvgIpc) is 3.29. The molecular weight excluding hydrogens is 839 g/mol. The standard InChI is InChI=1S/C58H111NO8/c1-6-8-10-12-14-15-16-17-18-19-20-21-22-23-24-25-26-27-28-29-30-31-32-33-34-35-36-37-38-39-40-41-43-45-47-49-56(61)67-54(52-65-55(60)48-46-44-42-13-11-9-7-2)53-66-58(57(62)63)64-51-50-59(3,4)5/h19-20,54,58H,6-18,21-53H2,1-5H3/p+1/b20-19-. The van der Waals surface area contributed by atoms with E-state index in [-0.39, 0.29) is 38.2 Å². The molecule has 2 atom stereocenters. The van der Waals surface area contributed by atoms with Crippen LogP contribution >= 0.6 is 0 Å². The van der Waals surface area contributed by atoms with Crippen molar-refractivity contribution in [3.8, 4) is 0 Å². The Labute approximate surface area is 415 Å². The molecule has 0 aliphatic rings. The SMILES string of the molecule is CCCCCCCCCC/C=C\CCCCCCCCCCCCCCCCCCCCCCCCCC(=O)OC(COC(=O)CCCCCCCCC)COC(OCC[N+](C)(C)C)C(=O)O. The first-order chi connectivity index (χ1) is 32.6. The summed E-state index contributed by atoms with van der Waals surface area (Å²) < 4.78 is 22.7. The van der Waals surface area contributed by atoms with Gasteiger partial charge in [-0.25, -0.2) is 4.79 Å². The fourth-order valence-corrected chi connectivity index (χ4v) is 8.54. The van der Waals surface area contributed by atoms with Crippen LogP contribution in [0.4, 0.5) is 0 Å². The molecule has 0 aromatic carbocycles. The number of aliphatic carboxylic acids is 1. The van der Waals surface area contributed by atoms with Crippen LogP contribution in [0.25, 0.3) is 0 Å². The van der Waals surface area contributed by atoms with Crippen molar-refractivity contribution in [2.45, 2.75) is 296 Å². The van der Waals surface area contributed by atoms with Gasteiger partial charge in [-0.15, -0.1) is 0 Å². The molecular formula is C58H112NO8+. The molecule has 2 unspecified atom stereocenters. The van der Waals surface area contributed by atoms with Gasteiger partial charge >= 0.3 is 17.9 Å². The normalized spacial score (nSPS) is 12.8. The van der Waals surface area contributed by atoms with Crippen LogP contribution in [-0.4, -0.2) is 87.4 Å². The zero-order valence-electron chi connectivity index (χ0n) is 45.1. The second kappa shape index (κ2) is 50.4. The van der Waals surface area contributed by atoms with Gasteiger partial charge in [0.05, 0.1) is 34.4 Å². The number of nitrogens with zero attached hydrogens (tertiary/aromatic N) is 1. The molecule has 0 radical (unpaired) electrons. The first-order valence-electron chi connectivity index (χ1n) is 28.9. The zero-order chi connectivity index (χ0) is 49.2. The largest absolute Gasteiger partial charge is 0.477 e. The fourth-order valence-electron chi connectivity index (χ4n) is 8.54. The first-order valence-corrected chi connectivity index (χ1v) is 28.9. The van der Waals surface area contributed by atoms with E-state index in [0.717, 1.165) is 38.5 Å². The van der Waals surface area contributed by atoms with Crippen molar-refractivity contribution < 1.29 is 42.9 Å². The maximum Gasteiger partial charge on any atom is 0.361 e. The Balaban J connectivity index is 3.86. The van der Waals surface area contributed by atoms with Gasteiger partial charge in [-0.05, 0) is 38.5 Å². The number of hydrogen-bond donors (Lipinski definition) is 1. The predicted octanol–water partition coefficient (Wildman–Crippen LogP) is 16.6. The number of allylic oxidation sites excluding steroid dienone is 2. The Bertz CT molecular complexity index is 1110. The molecule has 0 saturated carbocycles. The highest BCUT2D eigenvalue weighted by molar-refractivity contribution is 5.71. The minimum atomic E-state index is -1.50. The van der Waals surface area contributed by atoms with Crippen LogP contribution in [-0.2, 0) is 33.3 Å². The molecule has 0 amide bonds. The molecule has 0 spiro atoms. The van der Waals surface area contributed by atoms with Gasteiger partial charge in [0.15, 0.2) is 6.10 Å². The lowest BCUT2D eigenvalue weighted by atomic mass is 10.0. The average molecular weight is 952 g/mol. The van der Waals surface area contributed by atoms with Gasteiger partial charge in [0.2, 0.25) is 0 Å². The number of hydrogen-bond acceptors (Lipinski definition) is 7. The van der Waals surface area contributed by atoms with Crippen molar-refractivity contribution in [3.63, 3.8) is 0 Å². The van der Waals surface area contributed by atoms with Crippen LogP contribution in [0.15, 0.2) is 12.2 Å². The zero-order valence-corrected chi connectivity index (χ0v) is 45.1. The van der Waals surface area contributed by atoms with Gasteiger partial charge in [-0.1, -0.05) is 244 Å². The number of rotatable bonds is 54. The Morgan fingerprint density at radius 3 is 1.10 bits per heavy atom. The first kappa shape index (κ1) is 65.0. The molecule has 0 aliphatic carbocycles. The number of likely N-dealkylation sites (N-methyl/N-ethyl adjacent to an activating group) is 1. The van der Waals surface area contributed by atoms with Crippen molar-refractivity contribution in [3.05, 3.63) is 12.2 Å². The number of quaternary nitrogens is 1. The van der Waals surface area contributed by atoms with Gasteiger partial charge in [0, 0.05) is 12.8 Å². The van der Waals surface area contributed by atoms with E-state index in [0.29, 0.717) is 17.4 Å². The third kappa shape index (κ3) is 51.7. The highest BCUT2D eigenvalue weighted by atomic mass is 16.7. The van der Waals surface area contributed by atoms with E-state index in [1.807, 2.05) is 21.1 Å². The molecule has 0 heterocycles. The summed E-state index contributed by atoms with van der Waals surface area (Å²) in [5.74, 6) is -1.99. The van der Waals surface area contributed by atoms with Gasteiger partial charge in [0.1, 0.15) is 13.2 Å². The van der Waals surface area contributed by atoms with Crippen molar-refractivity contribution in [2.75, 3.05) is 47.5 Å². The lowest BCUT2D eigenvalue weighted by molar-refractivity contribution is -0.870. The van der Waals surface area contributed by atoms with E-state index in [4.69, 9.17) is 18.9 Å². The number of carbonyl (C=O) groups excluding carboxylic acids is 2. The molecule has 0 bridgehead atoms. The highest BCUT2D eigenvalue weighted by Crippen LogP contribution is 2.17. The fraction of sp³-hybridized carbons (Fsp3) is 0.914. The van der Waals surface area contributed by atoms with Gasteiger partial charge in [-0.3, -0.25) is 9.59 Å². The second-order valence-electron chi connectivity index (χ2n) is 21.0. The van der Waals surface area contributed by atoms with Crippen LogP contribution in [0.2, 0.25) is 0 Å². The molecule has 9 heteroatoms. The van der Waals surface area contributed by atoms with E-state index < -0.39 is 18.4 Å². The van der Waals surface area contributed by atoms with E-state index in [1.54, 1.807) is 0 Å². The third-order valence-electron chi connectivity index (χ3n) is 13.0. The third-order valence-corrected chi connectivity index (χ3v) is 13.0. The van der Waals surface area contributed by atoms with Gasteiger partial charge in [0.25, 0.3) is 6.29 Å². The van der Waals surface area contributed by atoms with Crippen LogP contribution in [0.1, 0.15) is 284 Å². The number of carbonyl (C=O) groups is 3. The molecule has 0 fully saturated rings. The van der Waals surface area contributed by atoms with E-state index in [9.17, 15) is 19.5 Å². The van der Waals surface area contributed by atoms with Crippen molar-refractivity contribution >= 4 is 17.9 Å². The molecule has 1 N–H and O–H groups in total. The molecule has 67 heavy (non-hydrogen) atoms. The van der Waals surface area contributed by atoms with Gasteiger partial charge in [-0.2, -0.15) is 0 Å². The Kier molecular flexibility index (Phi) is 48.9. The minimum absolute atomic E-state index is 0.176. The number of ether oxygens (including phenoxy) is 4. The van der Waals surface area contributed by atoms with E-state index in [2.05, 4.69) is 26.0 Å². The number of carboxylic acids is 1. The summed E-state index contributed by atoms with van der Waals surface area (Å²) in [5, 5.41) is 9.64. The second-order valence-corrected chi connectivity index (χ2v) is 21.0. The van der Waals surface area contributed by atoms with Crippen molar-refractivity contribution in [1.29, 1.82) is 0 Å². The molecule has 396 valence electrons. The summed E-state index contributed by atoms with van der Waals surface area (Å²) in [6, 6.07) is 0. The molecule has 0 aromatic heterocycles. The maximum atomic E-state index is 12.8. The van der Waals surface area contributed by atoms with Crippen molar-refractivity contribution in [2.24, 2.45) is 0 Å². The maximum absolute atomic E-state index is 12.8. The Morgan fingerprint density at radius 1 is 0.433 bits per heavy atom. The summed E-state index contributed by atoms with van der Waals surface area (Å²) >= 11 is 0. The van der Waals surface area contributed by atoms with Crippen LogP contribution in [0, 0.1) is 0 Å². The van der Waals surface area contributed by atoms with Crippen LogP contribution < -0.4 is 0 Å². The summed E-state index contributed by atoms with van der Waals surface area (Å²) in [6.07, 6.45) is 54.9. The smallest absolute Gasteiger partial charge is 0.361 e. The molecule has 0 saturated heterocycles. The van der Waals surface area contributed by atoms with Crippen molar-refractivity contribution in [1.82, 2.24) is 0 Å². The quantitative estimate of drug-likeness (QED) is 0.0211. The van der Waals surface area contributed by atoms with Crippen LogP contribution in [0.5, 0.6) is 0 Å². The monoisotopic (exact) mass is 951 g/mol. The number of carboxylic acid groups (broad SMARTS) is 1. The van der Waals surface area contributed by atoms with E-state index >= 15 is 0 Å². The van der Waals surface area contributed by atoms with E-state index in [1.165, 1.54) is 218 Å². The van der Waals surface area contributed by atoms with Crippen LogP contribution in [0.3, 0.4) is 0 Å². The summed E-state index contributed by atoms with van der Waals surface area (Å²) in [7, 11) is 5.96. The predicted molar refractivity (Wildman–Crippen MR) is 281 cm³/mol. The van der Waals surface area contributed by atoms with Gasteiger partial charge < -0.3 is 28.5 Å². The Hall–Kier alpha value is -1.97. The minimum Gasteiger partial charge on any atom is -0.477 e. The Morgan fingerprint density at radius 2 is 0.761 bits per heavy atom. The highest BCUT2D eigenvalue weighted by Gasteiger charge is 2.25. The summed E-state index contributed by atoms with van der Waals surface area (Å²) in [4.78, 5) is 37.0. The lowest BCUT2D eigenvalue weighted by Gasteiger charge is -2.25. The summed E-state index contributed by atoms with van der Waals surface area (Å²) in [5.41, 5.74) is 0. The molecule has 0 aliphatic heterocycles. The summed E-state index contributed by atoms with van der Waals surface area (Å²) in [6.45, 7) is 4.86. The molecule has 0 rings (SSSR count). The lowest BCUT2D eigenvalue weighted by Crippen LogP contribution is -2.40. The topological polar surface area (TPSA) is 108 Å².